The Morgan fingerprint density at radius 3 is 2.27 bits per heavy atom. The standard InChI is InChI=1S/C28H49N5O6Si2/c1-15(2)20(34)31-24-30-19-16(21(35)32-24)29-14-33(19)22-17(39-41(12,13)27(9,10)11)18(36-25(3,4)5)28(37-22)23(40-28)38-26(6,7)8/h14-15,17-18,22-23H,40H2,1-13H3,(H2,30,31,32,34,35)/t17-,18+,22-,23?,28-/m1/s1. The predicted octanol–water partition coefficient (Wildman–Crippen LogP) is 3.84. The third kappa shape index (κ3) is 6.54. The van der Waals surface area contributed by atoms with Gasteiger partial charge in [-0.25, -0.2) is 4.98 Å². The number of amides is 1. The molecule has 1 spiro atoms. The van der Waals surface area contributed by atoms with Gasteiger partial charge >= 0.3 is 0 Å². The number of rotatable bonds is 7. The summed E-state index contributed by atoms with van der Waals surface area (Å²) in [7, 11) is -3.22. The number of hydrogen-bond acceptors (Lipinski definition) is 8. The molecular weight excluding hydrogens is 559 g/mol. The molecule has 11 nitrogen and oxygen atoms in total. The van der Waals surface area contributed by atoms with Gasteiger partial charge < -0.3 is 18.6 Å². The van der Waals surface area contributed by atoms with E-state index in [1.807, 2.05) is 20.8 Å². The van der Waals surface area contributed by atoms with E-state index in [0.29, 0.717) is 5.65 Å². The van der Waals surface area contributed by atoms with Crippen molar-refractivity contribution >= 4 is 40.9 Å². The monoisotopic (exact) mass is 607 g/mol. The number of hydrogen-bond donors (Lipinski definition) is 2. The zero-order valence-corrected chi connectivity index (χ0v) is 29.4. The van der Waals surface area contributed by atoms with Crippen molar-refractivity contribution in [3.63, 3.8) is 0 Å². The lowest BCUT2D eigenvalue weighted by atomic mass is 10.1. The summed E-state index contributed by atoms with van der Waals surface area (Å²) < 4.78 is 29.2. The van der Waals surface area contributed by atoms with E-state index in [1.54, 1.807) is 24.7 Å². The summed E-state index contributed by atoms with van der Waals surface area (Å²) in [5.74, 6) is -0.468. The van der Waals surface area contributed by atoms with Crippen molar-refractivity contribution < 1.29 is 23.4 Å². The van der Waals surface area contributed by atoms with E-state index in [-0.39, 0.29) is 45.8 Å². The molecule has 2 N–H and O–H groups in total. The van der Waals surface area contributed by atoms with Gasteiger partial charge in [0.15, 0.2) is 25.7 Å². The molecule has 13 heteroatoms. The Morgan fingerprint density at radius 1 is 1.12 bits per heavy atom. The zero-order chi connectivity index (χ0) is 30.9. The lowest BCUT2D eigenvalue weighted by Crippen LogP contribution is -2.51. The summed E-state index contributed by atoms with van der Waals surface area (Å²) in [6.07, 6.45) is 0.0266. The summed E-state index contributed by atoms with van der Waals surface area (Å²) in [5.41, 5.74) is -0.840. The highest BCUT2D eigenvalue weighted by Crippen LogP contribution is 2.54. The molecule has 1 unspecified atom stereocenters. The molecule has 230 valence electrons. The van der Waals surface area contributed by atoms with Crippen LogP contribution < -0.4 is 10.9 Å². The molecule has 0 saturated carbocycles. The molecule has 2 aliphatic heterocycles. The molecule has 2 saturated heterocycles. The Balaban J connectivity index is 1.85. The summed E-state index contributed by atoms with van der Waals surface area (Å²) in [6, 6.07) is 0. The number of imidazole rings is 1. The number of carbonyl (C=O) groups is 1. The smallest absolute Gasteiger partial charge is 0.280 e. The number of nitrogens with zero attached hydrogens (tertiary/aromatic N) is 3. The van der Waals surface area contributed by atoms with Crippen molar-refractivity contribution in [2.24, 2.45) is 5.92 Å². The topological polar surface area (TPSA) is 130 Å². The Labute approximate surface area is 246 Å². The Hall–Kier alpha value is -1.91. The highest BCUT2D eigenvalue weighted by molar-refractivity contribution is 6.74. The van der Waals surface area contributed by atoms with E-state index in [4.69, 9.17) is 18.6 Å². The van der Waals surface area contributed by atoms with Crippen LogP contribution in [0.1, 0.15) is 82.4 Å². The minimum atomic E-state index is -2.33. The average molecular weight is 608 g/mol. The molecule has 4 heterocycles. The lowest BCUT2D eigenvalue weighted by molar-refractivity contribution is -0.139. The molecule has 0 radical (unpaired) electrons. The number of aromatic amines is 1. The number of H-pyrrole nitrogens is 1. The first-order valence-corrected chi connectivity index (χ1v) is 19.0. The Morgan fingerprint density at radius 2 is 1.73 bits per heavy atom. The van der Waals surface area contributed by atoms with Gasteiger partial charge in [0, 0.05) is 5.92 Å². The lowest BCUT2D eigenvalue weighted by Gasteiger charge is -2.41. The first-order chi connectivity index (χ1) is 18.5. The molecule has 0 aromatic carbocycles. The number of nitrogens with one attached hydrogen (secondary N) is 2. The first kappa shape index (κ1) is 32.0. The zero-order valence-electron chi connectivity index (χ0n) is 27.0. The van der Waals surface area contributed by atoms with Gasteiger partial charge in [0.2, 0.25) is 11.9 Å². The fourth-order valence-corrected chi connectivity index (χ4v) is 8.39. The summed E-state index contributed by atoms with van der Waals surface area (Å²) >= 11 is 0. The van der Waals surface area contributed by atoms with Crippen LogP contribution in [0.3, 0.4) is 0 Å². The second-order valence-corrected chi connectivity index (χ2v) is 22.3. The summed E-state index contributed by atoms with van der Waals surface area (Å²) in [4.78, 5) is 37.0. The van der Waals surface area contributed by atoms with Gasteiger partial charge in [-0.1, -0.05) is 34.6 Å². The van der Waals surface area contributed by atoms with Crippen LogP contribution in [0, 0.1) is 5.92 Å². The van der Waals surface area contributed by atoms with Gasteiger partial charge in [-0.3, -0.25) is 24.5 Å². The highest BCUT2D eigenvalue weighted by atomic mass is 28.4. The van der Waals surface area contributed by atoms with Crippen LogP contribution in [0.5, 0.6) is 0 Å². The Kier molecular flexibility index (Phi) is 8.10. The van der Waals surface area contributed by atoms with Crippen LogP contribution in [0.15, 0.2) is 11.1 Å². The quantitative estimate of drug-likeness (QED) is 0.455. The minimum absolute atomic E-state index is 0.0580. The first-order valence-electron chi connectivity index (χ1n) is 14.5. The van der Waals surface area contributed by atoms with Crippen molar-refractivity contribution in [1.29, 1.82) is 0 Å². The van der Waals surface area contributed by atoms with Gasteiger partial charge in [0.1, 0.15) is 27.0 Å². The van der Waals surface area contributed by atoms with Crippen LogP contribution >= 0.6 is 0 Å². The number of anilines is 1. The van der Waals surface area contributed by atoms with Gasteiger partial charge in [-0.2, -0.15) is 4.98 Å². The molecule has 2 aromatic rings. The molecule has 0 aliphatic carbocycles. The van der Waals surface area contributed by atoms with Gasteiger partial charge in [0.25, 0.3) is 5.56 Å². The van der Waals surface area contributed by atoms with Crippen molar-refractivity contribution in [3.8, 4) is 0 Å². The number of aromatic nitrogens is 4. The van der Waals surface area contributed by atoms with E-state index in [9.17, 15) is 9.59 Å². The van der Waals surface area contributed by atoms with Crippen molar-refractivity contribution in [1.82, 2.24) is 19.5 Å². The van der Waals surface area contributed by atoms with Crippen LogP contribution in [-0.2, 0) is 23.4 Å². The van der Waals surface area contributed by atoms with E-state index >= 15 is 0 Å². The molecule has 0 bridgehead atoms. The van der Waals surface area contributed by atoms with E-state index < -0.39 is 46.6 Å². The summed E-state index contributed by atoms with van der Waals surface area (Å²) in [6.45, 7) is 26.9. The molecule has 1 amide bonds. The summed E-state index contributed by atoms with van der Waals surface area (Å²) in [5, 5.41) is 2.03. The molecular formula is C28H49N5O6Si2. The van der Waals surface area contributed by atoms with E-state index in [2.05, 4.69) is 74.9 Å². The van der Waals surface area contributed by atoms with Crippen molar-refractivity contribution in [2.75, 3.05) is 5.32 Å². The SMILES string of the molecule is CC(C)C(=O)Nc1nc2c(ncn2[C@@H]2O[C@@]3([SiH2]C3OC(C)(C)C)[C@@H](OC(C)(C)C)[C@H]2O[Si](C)(C)C(C)(C)C)c(=O)[nH]1. The van der Waals surface area contributed by atoms with E-state index in [0.717, 1.165) is 0 Å². The highest BCUT2D eigenvalue weighted by Gasteiger charge is 2.73. The van der Waals surface area contributed by atoms with Crippen molar-refractivity contribution in [3.05, 3.63) is 16.7 Å². The molecule has 4 rings (SSSR count). The Bertz CT molecular complexity index is 1350. The minimum Gasteiger partial charge on any atom is -0.407 e. The van der Waals surface area contributed by atoms with Crippen LogP contribution in [0.2, 0.25) is 18.1 Å². The van der Waals surface area contributed by atoms with Crippen LogP contribution in [0.25, 0.3) is 11.2 Å². The maximum atomic E-state index is 13.0. The largest absolute Gasteiger partial charge is 0.407 e. The number of carbonyl (C=O) groups excluding carboxylic acids is 1. The van der Waals surface area contributed by atoms with Gasteiger partial charge in [-0.05, 0) is 59.7 Å². The molecule has 5 atom stereocenters. The van der Waals surface area contributed by atoms with E-state index in [1.165, 1.54) is 0 Å². The maximum Gasteiger partial charge on any atom is 0.280 e. The second-order valence-electron chi connectivity index (χ2n) is 15.3. The maximum absolute atomic E-state index is 13.0. The average Bonchev–Trinajstić information content (AvgIpc) is 3.12. The third-order valence-corrected chi connectivity index (χ3v) is 14.7. The fraction of sp³-hybridized carbons (Fsp3) is 0.786. The third-order valence-electron chi connectivity index (χ3n) is 7.98. The van der Waals surface area contributed by atoms with Gasteiger partial charge in [-0.15, -0.1) is 0 Å². The normalized spacial score (nSPS) is 27.9. The number of ether oxygens (including phenoxy) is 3. The molecule has 2 aromatic heterocycles. The molecule has 41 heavy (non-hydrogen) atoms. The van der Waals surface area contributed by atoms with Crippen molar-refractivity contribution in [2.45, 2.75) is 135 Å². The van der Waals surface area contributed by atoms with Crippen LogP contribution in [-0.4, -0.2) is 77.6 Å². The molecule has 2 fully saturated rings. The molecule has 2 aliphatic rings. The second kappa shape index (κ2) is 10.4. The number of fused-ring (bicyclic) bond motifs is 1. The predicted molar refractivity (Wildman–Crippen MR) is 164 cm³/mol. The van der Waals surface area contributed by atoms with Gasteiger partial charge in [0.05, 0.1) is 23.3 Å². The fourth-order valence-electron chi connectivity index (χ4n) is 4.84. The van der Waals surface area contributed by atoms with Crippen LogP contribution in [0.4, 0.5) is 5.95 Å².